The molecule has 0 atom stereocenters. The molecule has 5 nitrogen and oxygen atoms in total. The van der Waals surface area contributed by atoms with Crippen molar-refractivity contribution in [3.05, 3.63) is 24.3 Å². The summed E-state index contributed by atoms with van der Waals surface area (Å²) >= 11 is 0. The fraction of sp³-hybridized carbons (Fsp3) is 0.500. The summed E-state index contributed by atoms with van der Waals surface area (Å²) in [7, 11) is -4.21. The van der Waals surface area contributed by atoms with Gasteiger partial charge in [-0.05, 0) is 6.07 Å². The zero-order chi connectivity index (χ0) is 14.1. The van der Waals surface area contributed by atoms with Gasteiger partial charge >= 0.3 is 0 Å². The molecule has 2 heterocycles. The van der Waals surface area contributed by atoms with Crippen LogP contribution in [0.15, 0.2) is 23.4 Å². The van der Waals surface area contributed by atoms with E-state index in [2.05, 4.69) is 9.72 Å². The van der Waals surface area contributed by atoms with Crippen LogP contribution in [0.25, 0.3) is 0 Å². The number of hydrogen-bond donors (Lipinski definition) is 0. The molecule has 1 aliphatic rings. The molecule has 9 heteroatoms. The number of nitrogens with zero attached hydrogens (tertiary/aromatic N) is 2. The molecule has 0 N–H and O–H groups in total. The fourth-order valence-corrected chi connectivity index (χ4v) is 3.09. The average molecular weight is 296 g/mol. The summed E-state index contributed by atoms with van der Waals surface area (Å²) in [6.45, 7) is -2.18. The molecule has 2 rings (SSSR count). The number of rotatable bonds is 2. The average Bonchev–Trinajstić information content (AvgIpc) is 2.50. The van der Waals surface area contributed by atoms with Crippen molar-refractivity contribution in [1.82, 2.24) is 9.29 Å². The Bertz CT molecular complexity index is 565. The predicted octanol–water partition coefficient (Wildman–Crippen LogP) is 0.877. The highest BCUT2D eigenvalue weighted by atomic mass is 32.2. The van der Waals surface area contributed by atoms with Crippen molar-refractivity contribution in [3.63, 3.8) is 0 Å². The van der Waals surface area contributed by atoms with Crippen molar-refractivity contribution in [2.75, 3.05) is 26.3 Å². The molecule has 0 amide bonds. The first-order chi connectivity index (χ1) is 8.81. The van der Waals surface area contributed by atoms with Crippen LogP contribution in [0.2, 0.25) is 0 Å². The molecule has 19 heavy (non-hydrogen) atoms. The van der Waals surface area contributed by atoms with Gasteiger partial charge in [-0.1, -0.05) is 0 Å². The Balaban J connectivity index is 2.33. The van der Waals surface area contributed by atoms with Gasteiger partial charge in [0.2, 0.25) is 10.0 Å². The van der Waals surface area contributed by atoms with Crippen molar-refractivity contribution < 1.29 is 26.3 Å². The minimum absolute atomic E-state index is 0.141. The highest BCUT2D eigenvalue weighted by Gasteiger charge is 2.39. The van der Waals surface area contributed by atoms with E-state index < -0.39 is 39.8 Å². The van der Waals surface area contributed by atoms with Gasteiger partial charge in [0.15, 0.2) is 0 Å². The van der Waals surface area contributed by atoms with Gasteiger partial charge in [0.05, 0.1) is 19.3 Å². The lowest BCUT2D eigenvalue weighted by Crippen LogP contribution is -2.41. The molecule has 0 unspecified atom stereocenters. The molecule has 1 saturated heterocycles. The summed E-state index contributed by atoms with van der Waals surface area (Å²) < 4.78 is 69.1. The van der Waals surface area contributed by atoms with Crippen LogP contribution in [0.1, 0.15) is 0 Å². The van der Waals surface area contributed by atoms with Crippen molar-refractivity contribution in [2.45, 2.75) is 10.8 Å². The minimum Gasteiger partial charge on any atom is -0.374 e. The lowest BCUT2D eigenvalue weighted by molar-refractivity contribution is -0.0630. The maximum Gasteiger partial charge on any atom is 0.284 e. The van der Waals surface area contributed by atoms with E-state index in [1.807, 2.05) is 0 Å². The molecule has 0 aromatic carbocycles. The molecule has 1 aromatic rings. The molecule has 0 aliphatic carbocycles. The summed E-state index contributed by atoms with van der Waals surface area (Å²) in [6.07, 6.45) is 1.75. The summed E-state index contributed by atoms with van der Waals surface area (Å²) in [6, 6.07) is 0.742. The number of halogens is 3. The normalized spacial score (nSPS) is 21.0. The third kappa shape index (κ3) is 3.23. The smallest absolute Gasteiger partial charge is 0.284 e. The molecule has 1 aliphatic heterocycles. The van der Waals surface area contributed by atoms with Crippen LogP contribution in [0.5, 0.6) is 0 Å². The number of ether oxygens (including phenoxy) is 1. The van der Waals surface area contributed by atoms with Crippen LogP contribution >= 0.6 is 0 Å². The van der Waals surface area contributed by atoms with Crippen LogP contribution in [-0.2, 0) is 14.8 Å². The zero-order valence-corrected chi connectivity index (χ0v) is 10.5. The molecule has 1 aromatic heterocycles. The van der Waals surface area contributed by atoms with Crippen molar-refractivity contribution in [3.8, 4) is 0 Å². The molecule has 0 radical (unpaired) electrons. The maximum atomic E-state index is 13.3. The molecule has 106 valence electrons. The van der Waals surface area contributed by atoms with Crippen molar-refractivity contribution in [2.24, 2.45) is 0 Å². The van der Waals surface area contributed by atoms with Crippen LogP contribution in [-0.4, -0.2) is 49.9 Å². The van der Waals surface area contributed by atoms with Gasteiger partial charge < -0.3 is 4.74 Å². The highest BCUT2D eigenvalue weighted by Crippen LogP contribution is 2.24. The van der Waals surface area contributed by atoms with Crippen LogP contribution in [0.3, 0.4) is 0 Å². The first kappa shape index (κ1) is 14.2. The van der Waals surface area contributed by atoms with Gasteiger partial charge in [0.1, 0.15) is 17.3 Å². The van der Waals surface area contributed by atoms with E-state index in [-0.39, 0.29) is 13.2 Å². The largest absolute Gasteiger partial charge is 0.374 e. The monoisotopic (exact) mass is 296 g/mol. The second kappa shape index (κ2) is 5.06. The Morgan fingerprint density at radius 1 is 1.37 bits per heavy atom. The van der Waals surface area contributed by atoms with Gasteiger partial charge in [-0.15, -0.1) is 0 Å². The number of hydrogen-bond acceptors (Lipinski definition) is 4. The van der Waals surface area contributed by atoms with Gasteiger partial charge in [0, 0.05) is 12.7 Å². The van der Waals surface area contributed by atoms with Gasteiger partial charge in [-0.2, -0.15) is 4.31 Å². The van der Waals surface area contributed by atoms with Crippen molar-refractivity contribution in [1.29, 1.82) is 0 Å². The lowest BCUT2D eigenvalue weighted by atomic mass is 10.4. The second-order valence-electron chi connectivity index (χ2n) is 4.09. The fourth-order valence-electron chi connectivity index (χ4n) is 1.66. The predicted molar refractivity (Wildman–Crippen MR) is 58.7 cm³/mol. The SMILES string of the molecule is O=S(=O)(c1cncc(F)c1)N1CCOCC(F)(F)C1. The van der Waals surface area contributed by atoms with E-state index in [0.29, 0.717) is 4.31 Å². The van der Waals surface area contributed by atoms with Gasteiger partial charge in [-0.25, -0.2) is 21.6 Å². The number of sulfonamides is 1. The van der Waals surface area contributed by atoms with Crippen molar-refractivity contribution >= 4 is 10.0 Å². The molecular weight excluding hydrogens is 285 g/mol. The maximum absolute atomic E-state index is 13.3. The van der Waals surface area contributed by atoms with Crippen LogP contribution in [0.4, 0.5) is 13.2 Å². The Morgan fingerprint density at radius 3 is 2.79 bits per heavy atom. The Hall–Kier alpha value is -1.19. The third-order valence-corrected chi connectivity index (χ3v) is 4.33. The molecule has 0 spiro atoms. The first-order valence-corrected chi connectivity index (χ1v) is 6.82. The summed E-state index contributed by atoms with van der Waals surface area (Å²) in [5.41, 5.74) is 0. The van der Waals surface area contributed by atoms with Crippen LogP contribution < -0.4 is 0 Å². The molecule has 0 saturated carbocycles. The Labute approximate surface area is 108 Å². The van der Waals surface area contributed by atoms with E-state index >= 15 is 0 Å². The van der Waals surface area contributed by atoms with E-state index in [9.17, 15) is 21.6 Å². The van der Waals surface area contributed by atoms with E-state index in [1.165, 1.54) is 0 Å². The van der Waals surface area contributed by atoms with E-state index in [1.54, 1.807) is 0 Å². The topological polar surface area (TPSA) is 59.5 Å². The number of aromatic nitrogens is 1. The summed E-state index contributed by atoms with van der Waals surface area (Å²) in [5.74, 6) is -4.12. The Morgan fingerprint density at radius 2 is 2.11 bits per heavy atom. The summed E-state index contributed by atoms with van der Waals surface area (Å²) in [4.78, 5) is 2.95. The van der Waals surface area contributed by atoms with E-state index in [0.717, 1.165) is 18.5 Å². The van der Waals surface area contributed by atoms with E-state index in [4.69, 9.17) is 0 Å². The first-order valence-electron chi connectivity index (χ1n) is 5.37. The summed E-state index contributed by atoms with van der Waals surface area (Å²) in [5, 5.41) is 0. The quantitative estimate of drug-likeness (QED) is 0.813. The van der Waals surface area contributed by atoms with Crippen LogP contribution in [0, 0.1) is 5.82 Å². The minimum atomic E-state index is -4.21. The third-order valence-electron chi connectivity index (χ3n) is 2.52. The number of alkyl halides is 2. The molecule has 0 bridgehead atoms. The van der Waals surface area contributed by atoms with Gasteiger partial charge in [-0.3, -0.25) is 4.98 Å². The molecule has 1 fully saturated rings. The standard InChI is InChI=1S/C10H11F3N2O3S/c11-8-3-9(5-14-4-8)19(16,17)15-1-2-18-7-10(12,13)6-15/h3-5H,1-2,6-7H2. The second-order valence-corrected chi connectivity index (χ2v) is 6.02. The Kier molecular flexibility index (Phi) is 3.79. The molecular formula is C10H11F3N2O3S. The number of pyridine rings is 1. The zero-order valence-electron chi connectivity index (χ0n) is 9.72. The lowest BCUT2D eigenvalue weighted by Gasteiger charge is -2.22. The van der Waals surface area contributed by atoms with Gasteiger partial charge in [0.25, 0.3) is 5.92 Å². The highest BCUT2D eigenvalue weighted by molar-refractivity contribution is 7.89.